The number of aromatic nitrogens is 1. The first kappa shape index (κ1) is 21.9. The molecule has 3 rings (SSSR count). The molecule has 1 aromatic heterocycles. The second-order valence-corrected chi connectivity index (χ2v) is 8.53. The maximum absolute atomic E-state index is 12.8. The van der Waals surface area contributed by atoms with Gasteiger partial charge in [0.05, 0.1) is 6.61 Å². The van der Waals surface area contributed by atoms with E-state index in [0.29, 0.717) is 25.1 Å². The largest absolute Gasteiger partial charge is 0.461 e. The highest BCUT2D eigenvalue weighted by Gasteiger charge is 2.27. The van der Waals surface area contributed by atoms with E-state index in [1.807, 2.05) is 37.3 Å². The first-order chi connectivity index (χ1) is 13.9. The highest BCUT2D eigenvalue weighted by atomic mass is 16.5. The Bertz CT molecular complexity index is 726. The van der Waals surface area contributed by atoms with Gasteiger partial charge in [-0.1, -0.05) is 19.3 Å². The van der Waals surface area contributed by atoms with Gasteiger partial charge in [-0.3, -0.25) is 9.69 Å². The number of ether oxygens (including phenoxy) is 1. The number of carbonyl (C=O) groups is 2. The van der Waals surface area contributed by atoms with E-state index in [9.17, 15) is 9.59 Å². The Morgan fingerprint density at radius 2 is 1.69 bits per heavy atom. The van der Waals surface area contributed by atoms with Gasteiger partial charge in [0.25, 0.3) is 0 Å². The predicted octanol–water partition coefficient (Wildman–Crippen LogP) is 3.23. The summed E-state index contributed by atoms with van der Waals surface area (Å²) in [5, 5.41) is 0. The van der Waals surface area contributed by atoms with Crippen LogP contribution in [-0.4, -0.2) is 65.1 Å². The van der Waals surface area contributed by atoms with Gasteiger partial charge in [0.1, 0.15) is 5.69 Å². The normalized spacial score (nSPS) is 18.8. The SMILES string of the molecule is CCOC(=O)c1c(C)c(CCC(=O)N2CCN(C3CCCCC3)CC2)c(C)n1C. The number of piperazine rings is 1. The third kappa shape index (κ3) is 4.85. The molecule has 0 bridgehead atoms. The van der Waals surface area contributed by atoms with Gasteiger partial charge in [0.2, 0.25) is 5.91 Å². The lowest BCUT2D eigenvalue weighted by atomic mass is 9.94. The van der Waals surface area contributed by atoms with Crippen molar-refractivity contribution >= 4 is 11.9 Å². The molecule has 1 aromatic rings. The van der Waals surface area contributed by atoms with E-state index in [4.69, 9.17) is 4.74 Å². The van der Waals surface area contributed by atoms with Crippen LogP contribution < -0.4 is 0 Å². The number of nitrogens with zero attached hydrogens (tertiary/aromatic N) is 3. The first-order valence-corrected chi connectivity index (χ1v) is 11.3. The summed E-state index contributed by atoms with van der Waals surface area (Å²) < 4.78 is 7.10. The van der Waals surface area contributed by atoms with E-state index >= 15 is 0 Å². The Hall–Kier alpha value is -1.82. The van der Waals surface area contributed by atoms with Gasteiger partial charge in [-0.15, -0.1) is 0 Å². The number of amides is 1. The average molecular weight is 404 g/mol. The lowest BCUT2D eigenvalue weighted by Crippen LogP contribution is -2.52. The number of hydrogen-bond donors (Lipinski definition) is 0. The summed E-state index contributed by atoms with van der Waals surface area (Å²) in [5.74, 6) is -0.0550. The molecule has 6 nitrogen and oxygen atoms in total. The van der Waals surface area contributed by atoms with E-state index in [0.717, 1.165) is 49.0 Å². The third-order valence-electron chi connectivity index (χ3n) is 6.90. The fourth-order valence-corrected chi connectivity index (χ4v) is 5.07. The lowest BCUT2D eigenvalue weighted by Gasteiger charge is -2.40. The van der Waals surface area contributed by atoms with Crippen molar-refractivity contribution in [1.82, 2.24) is 14.4 Å². The van der Waals surface area contributed by atoms with Crippen molar-refractivity contribution in [2.24, 2.45) is 7.05 Å². The molecular formula is C23H37N3O3. The molecule has 2 fully saturated rings. The maximum Gasteiger partial charge on any atom is 0.355 e. The van der Waals surface area contributed by atoms with E-state index in [-0.39, 0.29) is 11.9 Å². The molecule has 1 aliphatic carbocycles. The van der Waals surface area contributed by atoms with Crippen LogP contribution in [0, 0.1) is 13.8 Å². The van der Waals surface area contributed by atoms with E-state index in [1.165, 1.54) is 32.1 Å². The lowest BCUT2D eigenvalue weighted by molar-refractivity contribution is -0.133. The van der Waals surface area contributed by atoms with E-state index in [1.54, 1.807) is 0 Å². The monoisotopic (exact) mass is 403 g/mol. The third-order valence-corrected chi connectivity index (χ3v) is 6.90. The zero-order valence-corrected chi connectivity index (χ0v) is 18.6. The fraction of sp³-hybridized carbons (Fsp3) is 0.739. The molecule has 1 aliphatic heterocycles. The van der Waals surface area contributed by atoms with Gasteiger partial charge in [-0.2, -0.15) is 0 Å². The van der Waals surface area contributed by atoms with Crippen molar-refractivity contribution < 1.29 is 14.3 Å². The molecule has 6 heteroatoms. The summed E-state index contributed by atoms with van der Waals surface area (Å²) >= 11 is 0. The van der Waals surface area contributed by atoms with Gasteiger partial charge in [-0.25, -0.2) is 4.79 Å². The summed E-state index contributed by atoms with van der Waals surface area (Å²) in [6, 6.07) is 0.733. The summed E-state index contributed by atoms with van der Waals surface area (Å²) in [5.41, 5.74) is 3.69. The molecule has 2 aliphatic rings. The molecule has 29 heavy (non-hydrogen) atoms. The molecule has 1 saturated carbocycles. The Balaban J connectivity index is 1.55. The number of rotatable bonds is 6. The highest BCUT2D eigenvalue weighted by molar-refractivity contribution is 5.90. The van der Waals surface area contributed by atoms with Gasteiger partial charge in [-0.05, 0) is 51.2 Å². The minimum Gasteiger partial charge on any atom is -0.461 e. The number of esters is 1. The molecule has 162 valence electrons. The Morgan fingerprint density at radius 1 is 1.03 bits per heavy atom. The average Bonchev–Trinajstić information content (AvgIpc) is 2.95. The Kier molecular flexibility index (Phi) is 7.38. The molecular weight excluding hydrogens is 366 g/mol. The van der Waals surface area contributed by atoms with Gasteiger partial charge in [0, 0.05) is 51.4 Å². The van der Waals surface area contributed by atoms with Crippen molar-refractivity contribution in [3.8, 4) is 0 Å². The first-order valence-electron chi connectivity index (χ1n) is 11.3. The molecule has 0 N–H and O–H groups in total. The molecule has 1 saturated heterocycles. The van der Waals surface area contributed by atoms with Crippen molar-refractivity contribution in [2.45, 2.75) is 71.8 Å². The summed E-state index contributed by atoms with van der Waals surface area (Å²) in [7, 11) is 1.89. The Labute approximate surface area is 175 Å². The topological polar surface area (TPSA) is 54.8 Å². The van der Waals surface area contributed by atoms with E-state index in [2.05, 4.69) is 4.90 Å². The predicted molar refractivity (Wildman–Crippen MR) is 114 cm³/mol. The standard InChI is InChI=1S/C23H37N3O3/c1-5-29-23(28)22-17(2)20(18(3)24(22)4)11-12-21(27)26-15-13-25(14-16-26)19-9-7-6-8-10-19/h19H,5-16H2,1-4H3. The quantitative estimate of drug-likeness (QED) is 0.685. The van der Waals surface area contributed by atoms with Crippen molar-refractivity contribution in [2.75, 3.05) is 32.8 Å². The van der Waals surface area contributed by atoms with Crippen LogP contribution in [0.3, 0.4) is 0 Å². The summed E-state index contributed by atoms with van der Waals surface area (Å²) in [4.78, 5) is 29.7. The van der Waals surface area contributed by atoms with Crippen molar-refractivity contribution in [3.05, 3.63) is 22.5 Å². The highest BCUT2D eigenvalue weighted by Crippen LogP contribution is 2.25. The zero-order valence-electron chi connectivity index (χ0n) is 18.6. The van der Waals surface area contributed by atoms with Crippen LogP contribution in [0.15, 0.2) is 0 Å². The van der Waals surface area contributed by atoms with Crippen LogP contribution in [0.2, 0.25) is 0 Å². The number of carbonyl (C=O) groups excluding carboxylic acids is 2. The fourth-order valence-electron chi connectivity index (χ4n) is 5.07. The molecule has 2 heterocycles. The molecule has 0 atom stereocenters. The van der Waals surface area contributed by atoms with Crippen LogP contribution in [0.1, 0.15) is 72.8 Å². The van der Waals surface area contributed by atoms with E-state index < -0.39 is 0 Å². The molecule has 0 aromatic carbocycles. The molecule has 0 spiro atoms. The summed E-state index contributed by atoms with van der Waals surface area (Å²) in [6.45, 7) is 9.85. The number of hydrogen-bond acceptors (Lipinski definition) is 4. The second kappa shape index (κ2) is 9.79. The van der Waals surface area contributed by atoms with Crippen molar-refractivity contribution in [3.63, 3.8) is 0 Å². The van der Waals surface area contributed by atoms with Crippen LogP contribution in [0.4, 0.5) is 0 Å². The van der Waals surface area contributed by atoms with Gasteiger partial charge < -0.3 is 14.2 Å². The molecule has 0 unspecified atom stereocenters. The van der Waals surface area contributed by atoms with Crippen LogP contribution >= 0.6 is 0 Å². The molecule has 0 radical (unpaired) electrons. The Morgan fingerprint density at radius 3 is 2.31 bits per heavy atom. The molecule has 1 amide bonds. The summed E-state index contributed by atoms with van der Waals surface area (Å²) in [6.07, 6.45) is 7.91. The smallest absolute Gasteiger partial charge is 0.355 e. The van der Waals surface area contributed by atoms with Gasteiger partial charge >= 0.3 is 5.97 Å². The van der Waals surface area contributed by atoms with Gasteiger partial charge in [0.15, 0.2) is 0 Å². The van der Waals surface area contributed by atoms with Crippen molar-refractivity contribution in [1.29, 1.82) is 0 Å². The minimum absolute atomic E-state index is 0.230. The second-order valence-electron chi connectivity index (χ2n) is 8.53. The van der Waals surface area contributed by atoms with Crippen LogP contribution in [0.25, 0.3) is 0 Å². The minimum atomic E-state index is -0.285. The zero-order chi connectivity index (χ0) is 21.0. The maximum atomic E-state index is 12.8. The van der Waals surface area contributed by atoms with Crippen LogP contribution in [0.5, 0.6) is 0 Å². The van der Waals surface area contributed by atoms with Crippen LogP contribution in [-0.2, 0) is 23.0 Å².